The lowest BCUT2D eigenvalue weighted by molar-refractivity contribution is 1.24. The molecule has 0 aromatic heterocycles. The summed E-state index contributed by atoms with van der Waals surface area (Å²) in [4.78, 5) is 0. The van der Waals surface area contributed by atoms with E-state index < -0.39 is 70.8 Å². The molecule has 0 aliphatic heterocycles. The smallest absolute Gasteiger partial charge is 0.113 e. The quantitative estimate of drug-likeness (QED) is 0.0382. The molecule has 33 heteroatoms. The van der Waals surface area contributed by atoms with Gasteiger partial charge in [-0.2, -0.15) is 0 Å². The Morgan fingerprint density at radius 1 is 0.260 bits per heavy atom. The summed E-state index contributed by atoms with van der Waals surface area (Å²) in [5, 5.41) is 3.80. The minimum absolute atomic E-state index is 0.0631. The molecule has 0 spiro atoms. The van der Waals surface area contributed by atoms with Gasteiger partial charge < -0.3 is 0 Å². The van der Waals surface area contributed by atoms with Crippen LogP contribution >= 0.6 is 0 Å². The standard InChI is InChI=1S/C94H41B33/c1-18-26-32-36-39-41-44-47-53-69-70(55-48-43-40-37-33-27-19-2)79-73(56-49-42-38-34-28-20-3)80(71(54-46-35-29-21-4)72(52-45-30-22-5)82(79)81-68(51-31-23-6)67(50-24-7)66(25-8)65(17)74(69)81)83-75-61(13)57(9)59(11)63(15)77(75)84(78-64(16)60(12)58(10)62(14)76(78)83)86-89(113-96)88(95)85-87(90(86)117(100)114-97)91(118(101)122(102)103)93(119(115-98)123(104)105)94(120(124(106)107)125(108)109)92(85)121(126(110)111)127(112)116-99/h1,3-4,6,8H,2,5,7,9-17H3. The summed E-state index contributed by atoms with van der Waals surface area (Å²) in [5.41, 5.74) is 10.8. The van der Waals surface area contributed by atoms with Gasteiger partial charge in [-0.05, 0) is 342 Å². The monoisotopic (exact) mass is 1530 g/mol. The minimum atomic E-state index is -1.48. The molecule has 0 bridgehead atoms. The molecule has 0 atom stereocenters. The Kier molecular flexibility index (Phi) is 35.9. The molecule has 8 aromatic carbocycles. The van der Waals surface area contributed by atoms with E-state index in [0.717, 1.165) is 22.3 Å². The van der Waals surface area contributed by atoms with Crippen molar-refractivity contribution in [2.45, 2.75) is 83.1 Å². The number of benzene rings is 8. The summed E-state index contributed by atoms with van der Waals surface area (Å²) in [6.45, 7) is 16.1. The van der Waals surface area contributed by atoms with Gasteiger partial charge in [-0.15, -0.1) is 49.0 Å². The van der Waals surface area contributed by atoms with Crippen LogP contribution < -0.4 is 38.2 Å². The van der Waals surface area contributed by atoms with Crippen LogP contribution in [-0.2, 0) is 0 Å². The molecule has 8 aromatic rings. The van der Waals surface area contributed by atoms with E-state index in [9.17, 15) is 0 Å². The average molecular weight is 1530 g/mol. The highest BCUT2D eigenvalue weighted by Gasteiger charge is 2.43. The summed E-state index contributed by atoms with van der Waals surface area (Å²) < 4.78 is 0. The van der Waals surface area contributed by atoms with Gasteiger partial charge in [0.25, 0.3) is 0 Å². The zero-order chi connectivity index (χ0) is 93.7. The topological polar surface area (TPSA) is 0 Å². The number of terminal acetylenes is 5. The summed E-state index contributed by atoms with van der Waals surface area (Å²) in [6.07, 6.45) is 21.6. The summed E-state index contributed by atoms with van der Waals surface area (Å²) in [6, 6.07) is 0. The van der Waals surface area contributed by atoms with E-state index in [1.165, 1.54) is 28.4 Å². The van der Waals surface area contributed by atoms with E-state index in [1.54, 1.807) is 20.8 Å². The zero-order valence-corrected chi connectivity index (χ0v) is 72.4. The van der Waals surface area contributed by atoms with E-state index in [1.807, 2.05) is 62.3 Å². The second-order valence-electron chi connectivity index (χ2n) is 29.0. The van der Waals surface area contributed by atoms with Crippen LogP contribution in [0.15, 0.2) is 0 Å². The molecule has 8 rings (SSSR count). The van der Waals surface area contributed by atoms with Crippen molar-refractivity contribution >= 4 is 331 Å². The number of hydrogen-bond acceptors (Lipinski definition) is 0. The number of fused-ring (bicyclic) bond motifs is 6. The van der Waals surface area contributed by atoms with Crippen LogP contribution in [0.2, 0.25) is 0 Å². The first-order valence-corrected chi connectivity index (χ1v) is 39.1. The second-order valence-corrected chi connectivity index (χ2v) is 29.0. The number of aryl methyl sites for hydroxylation is 5. The maximum atomic E-state index is 8.23. The van der Waals surface area contributed by atoms with Gasteiger partial charge in [0.2, 0.25) is 0 Å². The Hall–Kier alpha value is -12.5. The summed E-state index contributed by atoms with van der Waals surface area (Å²) in [5.74, 6) is 114. The minimum Gasteiger partial charge on any atom is -0.115 e. The third-order valence-electron chi connectivity index (χ3n) is 22.3. The van der Waals surface area contributed by atoms with Crippen LogP contribution in [0.1, 0.15) is 115 Å². The van der Waals surface area contributed by atoms with Crippen molar-refractivity contribution in [1.82, 2.24) is 0 Å². The largest absolute Gasteiger partial charge is 0.115 e. The van der Waals surface area contributed by atoms with E-state index in [2.05, 4.69) is 231 Å². The second kappa shape index (κ2) is 45.6. The molecule has 0 aliphatic rings. The molecule has 127 heavy (non-hydrogen) atoms. The van der Waals surface area contributed by atoms with E-state index in [4.69, 9.17) is 171 Å². The molecule has 0 fully saturated rings. The molecule has 0 heterocycles. The van der Waals surface area contributed by atoms with Crippen LogP contribution in [0.3, 0.4) is 0 Å². The molecule has 0 unspecified atom stereocenters. The Morgan fingerprint density at radius 2 is 0.638 bits per heavy atom. The van der Waals surface area contributed by atoms with Crippen molar-refractivity contribution in [2.24, 2.45) is 0 Å². The van der Waals surface area contributed by atoms with E-state index >= 15 is 0 Å². The van der Waals surface area contributed by atoms with Gasteiger partial charge in [0.05, 0.1) is 73.0 Å². The fourth-order valence-electron chi connectivity index (χ4n) is 16.4. The van der Waals surface area contributed by atoms with E-state index in [-0.39, 0.29) is 87.8 Å². The molecule has 40 radical (unpaired) electrons. The van der Waals surface area contributed by atoms with Crippen LogP contribution in [0.5, 0.6) is 0 Å². The Balaban J connectivity index is 2.12. The van der Waals surface area contributed by atoms with Crippen LogP contribution in [-0.4, -0.2) is 239 Å². The lowest BCUT2D eigenvalue weighted by atomic mass is 8.66. The van der Waals surface area contributed by atoms with Gasteiger partial charge in [0.15, 0.2) is 0 Å². The van der Waals surface area contributed by atoms with Crippen molar-refractivity contribution in [3.8, 4) is 285 Å². The fourth-order valence-corrected chi connectivity index (χ4v) is 16.4. The van der Waals surface area contributed by atoms with Gasteiger partial charge >= 0.3 is 0 Å². The predicted molar refractivity (Wildman–Crippen MR) is 581 cm³/mol. The third-order valence-corrected chi connectivity index (χ3v) is 22.3. The maximum absolute atomic E-state index is 8.23. The Bertz CT molecular complexity index is 7480. The van der Waals surface area contributed by atoms with Crippen LogP contribution in [0, 0.1) is 325 Å². The molecule has 0 N–H and O–H groups in total. The SMILES string of the molecule is [B][B]B([B])B(B([B])[B])c1c(B(B([B])[B])B([B])[B])c(B([B][B])B([B])[B])c(B([B])B([B])[B])c2c(B([B])[B][B])c(-c3c4c(C)c(C)c(C)c(C)c4c(-c4c(C#CC#CC#C)c(C#CC#CC)c5c(c4C#CC#CC#CC#C)c(C#CC#CC#CC#CC)c(C#CC#CC#CC#CC#C)c4c(C)c(C#C)c(C#CC)c(C#CC#C)c45)c4c(C)c(C)c(C)c(C)c34)c([B][B])c([B])c12. The highest BCUT2D eigenvalue weighted by molar-refractivity contribution is 7.89. The average Bonchev–Trinajstić information content (AvgIpc) is 0.677. The number of rotatable bonds is 17. The summed E-state index contributed by atoms with van der Waals surface area (Å²) >= 11 is 0. The van der Waals surface area contributed by atoms with Gasteiger partial charge in [0, 0.05) is 235 Å². The van der Waals surface area contributed by atoms with Crippen molar-refractivity contribution in [3.63, 3.8) is 0 Å². The predicted octanol–water partition coefficient (Wildman–Crippen LogP) is -3.71. The lowest BCUT2D eigenvalue weighted by Gasteiger charge is -2.42. The first kappa shape index (κ1) is 99.9. The Labute approximate surface area is 787 Å². The zero-order valence-electron chi connectivity index (χ0n) is 72.4. The highest BCUT2D eigenvalue weighted by Crippen LogP contribution is 2.54. The molecule has 0 saturated carbocycles. The Morgan fingerprint density at radius 3 is 1.04 bits per heavy atom. The van der Waals surface area contributed by atoms with Crippen molar-refractivity contribution < 1.29 is 0 Å². The van der Waals surface area contributed by atoms with Crippen LogP contribution in [0.4, 0.5) is 0 Å². The molecule has 0 nitrogen and oxygen atoms in total. The molecule has 0 amide bonds. The maximum Gasteiger partial charge on any atom is 0.113 e. The molecular weight excluding hydrogens is 1490 g/mol. The summed E-state index contributed by atoms with van der Waals surface area (Å²) in [7, 11) is 134. The van der Waals surface area contributed by atoms with Gasteiger partial charge in [0.1, 0.15) is 7.85 Å². The van der Waals surface area contributed by atoms with Crippen molar-refractivity contribution in [1.29, 1.82) is 0 Å². The highest BCUT2D eigenvalue weighted by atomic mass is 14.4. The van der Waals surface area contributed by atoms with Gasteiger partial charge in [-0.1, -0.05) is 86.5 Å². The normalized spacial score (nSPS) is 9.03. The molecule has 0 saturated heterocycles. The van der Waals surface area contributed by atoms with E-state index in [0.29, 0.717) is 98.9 Å². The first-order chi connectivity index (χ1) is 60.8. The molecular formula is C94H41B33. The molecule has 0 aliphatic carbocycles. The fraction of sp³-hybridized carbons (Fsp3) is 0.128. The van der Waals surface area contributed by atoms with Crippen LogP contribution in [0.25, 0.3) is 76.1 Å². The number of hydrogen-bond donors (Lipinski definition) is 0. The van der Waals surface area contributed by atoms with Gasteiger partial charge in [-0.25, -0.2) is 0 Å². The first-order valence-electron chi connectivity index (χ1n) is 39.1. The lowest BCUT2D eigenvalue weighted by Crippen LogP contribution is -2.80. The third kappa shape index (κ3) is 19.9. The van der Waals surface area contributed by atoms with Crippen molar-refractivity contribution in [3.05, 3.63) is 94.6 Å². The van der Waals surface area contributed by atoms with Gasteiger partial charge in [-0.3, -0.25) is 0 Å². The molecule has 516 valence electrons. The van der Waals surface area contributed by atoms with Crippen molar-refractivity contribution in [2.75, 3.05) is 0 Å².